The quantitative estimate of drug-likeness (QED) is 0.727. The molecule has 0 saturated carbocycles. The predicted octanol–water partition coefficient (Wildman–Crippen LogP) is 4.69. The van der Waals surface area contributed by atoms with Crippen molar-refractivity contribution in [1.82, 2.24) is 0 Å². The van der Waals surface area contributed by atoms with Gasteiger partial charge in [0.15, 0.2) is 0 Å². The van der Waals surface area contributed by atoms with Crippen LogP contribution in [0.3, 0.4) is 0 Å². The summed E-state index contributed by atoms with van der Waals surface area (Å²) in [6, 6.07) is 8.55. The van der Waals surface area contributed by atoms with Gasteiger partial charge in [0.2, 0.25) is 0 Å². The zero-order chi connectivity index (χ0) is 11.7. The highest BCUT2D eigenvalue weighted by Gasteiger charge is 2.16. The lowest BCUT2D eigenvalue weighted by Crippen LogP contribution is -1.96. The molecule has 0 aliphatic rings. The number of rotatable bonds is 2. The van der Waals surface area contributed by atoms with Crippen LogP contribution in [0.1, 0.15) is 32.8 Å². The maximum absolute atomic E-state index is 5.34. The largest absolute Gasteiger partial charge is 0.469 e. The molecule has 0 saturated heterocycles. The van der Waals surface area contributed by atoms with Gasteiger partial charge in [-0.2, -0.15) is 0 Å². The number of furan rings is 1. The molecule has 2 aromatic rings. The van der Waals surface area contributed by atoms with Gasteiger partial charge in [0.1, 0.15) is 5.76 Å². The topological polar surface area (TPSA) is 13.1 Å². The summed E-state index contributed by atoms with van der Waals surface area (Å²) in [7, 11) is 0. The van der Waals surface area contributed by atoms with Gasteiger partial charge in [-0.15, -0.1) is 0 Å². The second-order valence-corrected chi connectivity index (χ2v) is 5.07. The van der Waals surface area contributed by atoms with Crippen LogP contribution in [-0.2, 0) is 0 Å². The van der Waals surface area contributed by atoms with Crippen molar-refractivity contribution >= 4 is 15.9 Å². The van der Waals surface area contributed by atoms with E-state index in [9.17, 15) is 0 Å². The van der Waals surface area contributed by atoms with Gasteiger partial charge < -0.3 is 4.42 Å². The van der Waals surface area contributed by atoms with Crippen LogP contribution in [0.5, 0.6) is 0 Å². The van der Waals surface area contributed by atoms with E-state index in [2.05, 4.69) is 48.0 Å². The molecule has 84 valence electrons. The van der Waals surface area contributed by atoms with E-state index in [-0.39, 0.29) is 4.83 Å². The molecule has 0 radical (unpaired) electrons. The monoisotopic (exact) mass is 278 g/mol. The maximum atomic E-state index is 5.34. The molecule has 1 aromatic carbocycles. The van der Waals surface area contributed by atoms with E-state index in [0.29, 0.717) is 0 Å². The number of hydrogen-bond donors (Lipinski definition) is 0. The van der Waals surface area contributed by atoms with Crippen molar-refractivity contribution in [2.45, 2.75) is 25.6 Å². The first-order valence-corrected chi connectivity index (χ1v) is 6.26. The van der Waals surface area contributed by atoms with E-state index < -0.39 is 0 Å². The lowest BCUT2D eigenvalue weighted by Gasteiger charge is -2.13. The summed E-state index contributed by atoms with van der Waals surface area (Å²) in [4.78, 5) is 0.215. The van der Waals surface area contributed by atoms with Crippen LogP contribution in [0.4, 0.5) is 0 Å². The average molecular weight is 279 g/mol. The molecule has 2 heteroatoms. The van der Waals surface area contributed by atoms with Crippen molar-refractivity contribution in [3.8, 4) is 0 Å². The number of halogens is 1. The number of hydrogen-bond acceptors (Lipinski definition) is 1. The lowest BCUT2D eigenvalue weighted by atomic mass is 9.99. The molecule has 0 fully saturated rings. The Morgan fingerprint density at radius 2 is 1.81 bits per heavy atom. The third-order valence-corrected chi connectivity index (χ3v) is 3.86. The standard InChI is InChI=1S/C14H15BrO/c1-9-4-5-12(10(2)8-9)14(15)13-6-7-16-11(13)3/h4-8,14H,1-3H3. The van der Waals surface area contributed by atoms with E-state index in [1.165, 1.54) is 22.3 Å². The zero-order valence-corrected chi connectivity index (χ0v) is 11.3. The summed E-state index contributed by atoms with van der Waals surface area (Å²) in [5.74, 6) is 0.974. The predicted molar refractivity (Wildman–Crippen MR) is 70.1 cm³/mol. The van der Waals surface area contributed by atoms with Crippen LogP contribution in [0.25, 0.3) is 0 Å². The highest BCUT2D eigenvalue weighted by atomic mass is 79.9. The summed E-state index contributed by atoms with van der Waals surface area (Å²) < 4.78 is 5.34. The van der Waals surface area contributed by atoms with Crippen molar-refractivity contribution in [2.24, 2.45) is 0 Å². The smallest absolute Gasteiger partial charge is 0.105 e. The molecular weight excluding hydrogens is 264 g/mol. The number of benzene rings is 1. The van der Waals surface area contributed by atoms with E-state index in [0.717, 1.165) is 5.76 Å². The van der Waals surface area contributed by atoms with Gasteiger partial charge >= 0.3 is 0 Å². The third kappa shape index (κ3) is 2.07. The number of aryl methyl sites for hydroxylation is 3. The maximum Gasteiger partial charge on any atom is 0.105 e. The van der Waals surface area contributed by atoms with E-state index >= 15 is 0 Å². The van der Waals surface area contributed by atoms with Crippen molar-refractivity contribution < 1.29 is 4.42 Å². The second kappa shape index (κ2) is 4.46. The Kier molecular flexibility index (Phi) is 3.20. The Morgan fingerprint density at radius 1 is 1.06 bits per heavy atom. The lowest BCUT2D eigenvalue weighted by molar-refractivity contribution is 0.530. The molecular formula is C14H15BrO. The van der Waals surface area contributed by atoms with E-state index in [4.69, 9.17) is 4.42 Å². The molecule has 0 N–H and O–H groups in total. The molecule has 1 unspecified atom stereocenters. The Morgan fingerprint density at radius 3 is 2.38 bits per heavy atom. The average Bonchev–Trinajstić information content (AvgIpc) is 2.63. The SMILES string of the molecule is Cc1ccc(C(Br)c2ccoc2C)c(C)c1. The molecule has 0 amide bonds. The molecule has 2 rings (SSSR count). The van der Waals surface area contributed by atoms with E-state index in [1.807, 2.05) is 13.0 Å². The Hall–Kier alpha value is -1.02. The van der Waals surface area contributed by atoms with Gasteiger partial charge in [-0.1, -0.05) is 39.7 Å². The fraction of sp³-hybridized carbons (Fsp3) is 0.286. The van der Waals surface area contributed by atoms with Gasteiger partial charge in [-0.05, 0) is 38.0 Å². The summed E-state index contributed by atoms with van der Waals surface area (Å²) in [5.41, 5.74) is 5.11. The first kappa shape index (κ1) is 11.5. The van der Waals surface area contributed by atoms with Gasteiger partial charge in [-0.25, -0.2) is 0 Å². The van der Waals surface area contributed by atoms with Gasteiger partial charge in [-0.3, -0.25) is 0 Å². The van der Waals surface area contributed by atoms with Crippen molar-refractivity contribution in [3.05, 3.63) is 58.5 Å². The van der Waals surface area contributed by atoms with Crippen LogP contribution in [0.15, 0.2) is 34.9 Å². The van der Waals surface area contributed by atoms with Crippen LogP contribution in [0.2, 0.25) is 0 Å². The number of alkyl halides is 1. The molecule has 1 heterocycles. The van der Waals surface area contributed by atoms with Gasteiger partial charge in [0, 0.05) is 5.56 Å². The fourth-order valence-electron chi connectivity index (χ4n) is 1.94. The highest BCUT2D eigenvalue weighted by molar-refractivity contribution is 9.09. The van der Waals surface area contributed by atoms with Crippen LogP contribution in [0, 0.1) is 20.8 Å². The first-order valence-electron chi connectivity index (χ1n) is 5.35. The summed E-state index contributed by atoms with van der Waals surface area (Å²) in [6.45, 7) is 6.25. The van der Waals surface area contributed by atoms with E-state index in [1.54, 1.807) is 6.26 Å². The highest BCUT2D eigenvalue weighted by Crippen LogP contribution is 2.35. The Bertz CT molecular complexity index is 499. The molecule has 1 aromatic heterocycles. The molecule has 0 spiro atoms. The van der Waals surface area contributed by atoms with Gasteiger partial charge in [0.05, 0.1) is 11.1 Å². The Balaban J connectivity index is 2.41. The summed E-state index contributed by atoms with van der Waals surface area (Å²) in [5, 5.41) is 0. The van der Waals surface area contributed by atoms with Crippen LogP contribution >= 0.6 is 15.9 Å². The van der Waals surface area contributed by atoms with Gasteiger partial charge in [0.25, 0.3) is 0 Å². The van der Waals surface area contributed by atoms with Crippen molar-refractivity contribution in [3.63, 3.8) is 0 Å². The van der Waals surface area contributed by atoms with Crippen LogP contribution < -0.4 is 0 Å². The molecule has 0 aliphatic heterocycles. The normalized spacial score (nSPS) is 12.8. The minimum absolute atomic E-state index is 0.215. The first-order chi connectivity index (χ1) is 7.59. The minimum atomic E-state index is 0.215. The fourth-order valence-corrected chi connectivity index (χ4v) is 2.92. The molecule has 16 heavy (non-hydrogen) atoms. The Labute approximate surface area is 105 Å². The summed E-state index contributed by atoms with van der Waals surface area (Å²) in [6.07, 6.45) is 1.74. The van der Waals surface area contributed by atoms with Crippen molar-refractivity contribution in [1.29, 1.82) is 0 Å². The summed E-state index contributed by atoms with van der Waals surface area (Å²) >= 11 is 3.74. The zero-order valence-electron chi connectivity index (χ0n) is 9.75. The van der Waals surface area contributed by atoms with Crippen LogP contribution in [-0.4, -0.2) is 0 Å². The molecule has 1 atom stereocenters. The molecule has 0 bridgehead atoms. The second-order valence-electron chi connectivity index (χ2n) is 4.15. The third-order valence-electron chi connectivity index (χ3n) is 2.87. The minimum Gasteiger partial charge on any atom is -0.469 e. The molecule has 0 aliphatic carbocycles. The van der Waals surface area contributed by atoms with Crippen molar-refractivity contribution in [2.75, 3.05) is 0 Å². The molecule has 1 nitrogen and oxygen atoms in total.